The molecule has 1 aromatic heterocycles. The number of nitrogens with one attached hydrogen (secondary N) is 1. The van der Waals surface area contributed by atoms with Crippen molar-refractivity contribution in [2.75, 3.05) is 26.7 Å². The van der Waals surface area contributed by atoms with Crippen LogP contribution in [-0.2, 0) is 13.5 Å². The normalized spacial score (nSPS) is 17.3. The molecular formula is C18H24F2IN5. The minimum atomic E-state index is -0.543. The molecule has 2 heterocycles. The molecule has 1 aliphatic rings. The van der Waals surface area contributed by atoms with Crippen molar-refractivity contribution in [1.82, 2.24) is 20.0 Å². The Morgan fingerprint density at radius 2 is 2.04 bits per heavy atom. The molecule has 5 nitrogen and oxygen atoms in total. The highest BCUT2D eigenvalue weighted by Crippen LogP contribution is 2.26. The van der Waals surface area contributed by atoms with Crippen LogP contribution in [0.2, 0.25) is 0 Å². The van der Waals surface area contributed by atoms with Gasteiger partial charge in [-0.2, -0.15) is 5.10 Å². The minimum Gasteiger partial charge on any atom is -0.356 e. The summed E-state index contributed by atoms with van der Waals surface area (Å²) in [7, 11) is 3.67. The molecule has 1 N–H and O–H groups in total. The molecule has 0 aliphatic carbocycles. The Labute approximate surface area is 169 Å². The summed E-state index contributed by atoms with van der Waals surface area (Å²) < 4.78 is 28.3. The Balaban J connectivity index is 0.00000243. The number of rotatable bonds is 4. The monoisotopic (exact) mass is 475 g/mol. The number of benzene rings is 1. The number of hydrogen-bond donors (Lipinski definition) is 1. The van der Waals surface area contributed by atoms with Crippen LogP contribution in [0.25, 0.3) is 0 Å². The van der Waals surface area contributed by atoms with Crippen LogP contribution < -0.4 is 5.32 Å². The summed E-state index contributed by atoms with van der Waals surface area (Å²) in [6.45, 7) is 2.39. The molecular weight excluding hydrogens is 451 g/mol. The summed E-state index contributed by atoms with van der Waals surface area (Å²) in [5.41, 5.74) is 1.88. The van der Waals surface area contributed by atoms with Gasteiger partial charge in [-0.1, -0.05) is 0 Å². The van der Waals surface area contributed by atoms with E-state index in [9.17, 15) is 8.78 Å². The van der Waals surface area contributed by atoms with Crippen molar-refractivity contribution in [3.63, 3.8) is 0 Å². The fourth-order valence-corrected chi connectivity index (χ4v) is 3.28. The number of nitrogens with zero attached hydrogens (tertiary/aromatic N) is 4. The fourth-order valence-electron chi connectivity index (χ4n) is 3.28. The molecule has 2 aromatic rings. The van der Waals surface area contributed by atoms with E-state index in [0.29, 0.717) is 24.4 Å². The second kappa shape index (κ2) is 9.29. The first-order valence-electron chi connectivity index (χ1n) is 8.44. The van der Waals surface area contributed by atoms with E-state index in [4.69, 9.17) is 0 Å². The Morgan fingerprint density at radius 1 is 1.31 bits per heavy atom. The average Bonchev–Trinajstić information content (AvgIpc) is 3.19. The number of halogens is 3. The molecule has 3 rings (SSSR count). The summed E-state index contributed by atoms with van der Waals surface area (Å²) in [6.07, 6.45) is 5.57. The maximum Gasteiger partial charge on any atom is 0.193 e. The highest BCUT2D eigenvalue weighted by Gasteiger charge is 2.26. The molecule has 1 saturated heterocycles. The third-order valence-corrected chi connectivity index (χ3v) is 4.51. The molecule has 142 valence electrons. The second-order valence-corrected chi connectivity index (χ2v) is 6.38. The zero-order valence-corrected chi connectivity index (χ0v) is 17.3. The van der Waals surface area contributed by atoms with Gasteiger partial charge in [0, 0.05) is 51.9 Å². The molecule has 1 fully saturated rings. The number of hydrogen-bond acceptors (Lipinski definition) is 2. The lowest BCUT2D eigenvalue weighted by Crippen LogP contribution is -2.40. The predicted octanol–water partition coefficient (Wildman–Crippen LogP) is 2.92. The molecule has 8 heteroatoms. The van der Waals surface area contributed by atoms with Crippen molar-refractivity contribution < 1.29 is 8.78 Å². The van der Waals surface area contributed by atoms with Crippen LogP contribution in [0, 0.1) is 11.6 Å². The lowest BCUT2D eigenvalue weighted by Gasteiger charge is -2.21. The van der Waals surface area contributed by atoms with Crippen LogP contribution in [0.5, 0.6) is 0 Å². The van der Waals surface area contributed by atoms with Crippen LogP contribution in [-0.4, -0.2) is 47.3 Å². The standard InChI is InChI=1S/C18H23F2N5.HI/c1-21-18(22-5-3-13-7-16(19)9-17(20)8-13)25-6-4-14(12-25)15-10-23-24(2)11-15;/h7-11,14H,3-6,12H2,1-2H3,(H,21,22);1H. The van der Waals surface area contributed by atoms with Crippen LogP contribution >= 0.6 is 24.0 Å². The largest absolute Gasteiger partial charge is 0.356 e. The molecule has 1 atom stereocenters. The van der Waals surface area contributed by atoms with Gasteiger partial charge in [0.15, 0.2) is 5.96 Å². The van der Waals surface area contributed by atoms with Gasteiger partial charge < -0.3 is 10.2 Å². The summed E-state index contributed by atoms with van der Waals surface area (Å²) in [5, 5.41) is 7.53. The van der Waals surface area contributed by atoms with Gasteiger partial charge in [0.2, 0.25) is 0 Å². The summed E-state index contributed by atoms with van der Waals surface area (Å²) in [6, 6.07) is 3.61. The number of likely N-dealkylation sites (tertiary alicyclic amines) is 1. The van der Waals surface area contributed by atoms with E-state index in [1.807, 2.05) is 17.9 Å². The molecule has 0 saturated carbocycles. The first kappa shape index (κ1) is 20.6. The van der Waals surface area contributed by atoms with Gasteiger partial charge >= 0.3 is 0 Å². The first-order chi connectivity index (χ1) is 12.0. The molecule has 0 amide bonds. The maximum atomic E-state index is 13.2. The molecule has 0 radical (unpaired) electrons. The van der Waals surface area contributed by atoms with E-state index in [0.717, 1.165) is 31.5 Å². The average molecular weight is 475 g/mol. The highest BCUT2D eigenvalue weighted by atomic mass is 127. The van der Waals surface area contributed by atoms with Crippen molar-refractivity contribution in [3.8, 4) is 0 Å². The van der Waals surface area contributed by atoms with Gasteiger partial charge in [-0.05, 0) is 36.1 Å². The lowest BCUT2D eigenvalue weighted by atomic mass is 10.0. The zero-order chi connectivity index (χ0) is 17.8. The first-order valence-corrected chi connectivity index (χ1v) is 8.44. The predicted molar refractivity (Wildman–Crippen MR) is 109 cm³/mol. The van der Waals surface area contributed by atoms with Crippen LogP contribution in [0.3, 0.4) is 0 Å². The van der Waals surface area contributed by atoms with Gasteiger partial charge in [0.25, 0.3) is 0 Å². The quantitative estimate of drug-likeness (QED) is 0.421. The molecule has 1 unspecified atom stereocenters. The summed E-state index contributed by atoms with van der Waals surface area (Å²) in [4.78, 5) is 6.54. The van der Waals surface area contributed by atoms with E-state index in [1.165, 1.54) is 17.7 Å². The third-order valence-electron chi connectivity index (χ3n) is 4.51. The van der Waals surface area contributed by atoms with Gasteiger partial charge in [-0.25, -0.2) is 8.78 Å². The van der Waals surface area contributed by atoms with Crippen molar-refractivity contribution in [2.24, 2.45) is 12.0 Å². The minimum absolute atomic E-state index is 0. The maximum absolute atomic E-state index is 13.2. The second-order valence-electron chi connectivity index (χ2n) is 6.38. The van der Waals surface area contributed by atoms with E-state index >= 15 is 0 Å². The lowest BCUT2D eigenvalue weighted by molar-refractivity contribution is 0.486. The van der Waals surface area contributed by atoms with E-state index in [1.54, 1.807) is 7.05 Å². The smallest absolute Gasteiger partial charge is 0.193 e. The Hall–Kier alpha value is -1.71. The SMILES string of the molecule is CN=C(NCCc1cc(F)cc(F)c1)N1CCC(c2cnn(C)c2)C1.I. The van der Waals surface area contributed by atoms with Crippen LogP contribution in [0.4, 0.5) is 8.78 Å². The van der Waals surface area contributed by atoms with Crippen molar-refractivity contribution >= 4 is 29.9 Å². The Bertz CT molecular complexity index is 742. The van der Waals surface area contributed by atoms with E-state index in [2.05, 4.69) is 26.5 Å². The summed E-state index contributed by atoms with van der Waals surface area (Å²) in [5.74, 6) is 0.185. The van der Waals surface area contributed by atoms with Crippen molar-refractivity contribution in [1.29, 1.82) is 0 Å². The number of aliphatic imine (C=N–C) groups is 1. The van der Waals surface area contributed by atoms with Crippen LogP contribution in [0.1, 0.15) is 23.5 Å². The van der Waals surface area contributed by atoms with Crippen LogP contribution in [0.15, 0.2) is 35.6 Å². The highest BCUT2D eigenvalue weighted by molar-refractivity contribution is 14.0. The molecule has 26 heavy (non-hydrogen) atoms. The van der Waals surface area contributed by atoms with Crippen molar-refractivity contribution in [2.45, 2.75) is 18.8 Å². The van der Waals surface area contributed by atoms with Gasteiger partial charge in [0.05, 0.1) is 6.20 Å². The van der Waals surface area contributed by atoms with Gasteiger partial charge in [-0.15, -0.1) is 24.0 Å². The van der Waals surface area contributed by atoms with Crippen molar-refractivity contribution in [3.05, 3.63) is 53.4 Å². The topological polar surface area (TPSA) is 45.5 Å². The Morgan fingerprint density at radius 3 is 2.65 bits per heavy atom. The van der Waals surface area contributed by atoms with Gasteiger partial charge in [-0.3, -0.25) is 9.67 Å². The van der Waals surface area contributed by atoms with E-state index in [-0.39, 0.29) is 24.0 Å². The number of guanidine groups is 1. The molecule has 0 spiro atoms. The molecule has 1 aromatic carbocycles. The van der Waals surface area contributed by atoms with Gasteiger partial charge in [0.1, 0.15) is 11.6 Å². The fraction of sp³-hybridized carbons (Fsp3) is 0.444. The Kier molecular flexibility index (Phi) is 7.36. The zero-order valence-electron chi connectivity index (χ0n) is 15.0. The molecule has 0 bridgehead atoms. The number of aromatic nitrogens is 2. The number of aryl methyl sites for hydroxylation is 1. The summed E-state index contributed by atoms with van der Waals surface area (Å²) >= 11 is 0. The third kappa shape index (κ3) is 5.15. The van der Waals surface area contributed by atoms with E-state index < -0.39 is 11.6 Å². The molecule has 1 aliphatic heterocycles.